The first-order chi connectivity index (χ1) is 13.8. The van der Waals surface area contributed by atoms with Crippen molar-refractivity contribution >= 4 is 16.9 Å². The monoisotopic (exact) mass is 378 g/mol. The van der Waals surface area contributed by atoms with Crippen LogP contribution in [0.3, 0.4) is 0 Å². The van der Waals surface area contributed by atoms with Gasteiger partial charge in [-0.2, -0.15) is 0 Å². The fourth-order valence-corrected chi connectivity index (χ4v) is 3.10. The summed E-state index contributed by atoms with van der Waals surface area (Å²) in [5.41, 5.74) is 1.02. The number of carbonyl (C=O) groups is 1. The maximum Gasteiger partial charge on any atom is 0.362 e. The van der Waals surface area contributed by atoms with E-state index in [4.69, 9.17) is 14.2 Å². The molecule has 28 heavy (non-hydrogen) atoms. The van der Waals surface area contributed by atoms with Crippen molar-refractivity contribution in [3.63, 3.8) is 0 Å². The van der Waals surface area contributed by atoms with E-state index in [2.05, 4.69) is 9.88 Å². The van der Waals surface area contributed by atoms with Crippen molar-refractivity contribution in [2.24, 2.45) is 0 Å². The average Bonchev–Trinajstić information content (AvgIpc) is 2.75. The number of para-hydroxylation sites is 3. The van der Waals surface area contributed by atoms with E-state index in [9.17, 15) is 4.79 Å². The minimum atomic E-state index is -0.505. The Bertz CT molecular complexity index is 954. The maximum absolute atomic E-state index is 12.6. The zero-order valence-corrected chi connectivity index (χ0v) is 15.5. The lowest BCUT2D eigenvalue weighted by Crippen LogP contribution is -2.38. The van der Waals surface area contributed by atoms with E-state index in [0.29, 0.717) is 18.1 Å². The Morgan fingerprint density at radius 3 is 2.57 bits per heavy atom. The highest BCUT2D eigenvalue weighted by molar-refractivity contribution is 5.92. The molecule has 0 bridgehead atoms. The number of hydrogen-bond acceptors (Lipinski definition) is 6. The lowest BCUT2D eigenvalue weighted by molar-refractivity contribution is 0.0320. The Labute approximate surface area is 163 Å². The summed E-state index contributed by atoms with van der Waals surface area (Å²) in [5, 5.41) is 0.978. The van der Waals surface area contributed by atoms with Gasteiger partial charge in [-0.1, -0.05) is 36.4 Å². The molecule has 1 aliphatic heterocycles. The summed E-state index contributed by atoms with van der Waals surface area (Å²) in [5.74, 6) is 0.435. The van der Waals surface area contributed by atoms with E-state index < -0.39 is 5.97 Å². The molecule has 1 fully saturated rings. The molecule has 2 heterocycles. The van der Waals surface area contributed by atoms with Gasteiger partial charge in [-0.25, -0.2) is 9.78 Å². The van der Waals surface area contributed by atoms with Gasteiger partial charge in [0.15, 0.2) is 11.5 Å². The Kier molecular flexibility index (Phi) is 5.80. The van der Waals surface area contributed by atoms with Crippen molar-refractivity contribution in [1.82, 2.24) is 9.88 Å². The van der Waals surface area contributed by atoms with Crippen LogP contribution in [0.5, 0.6) is 11.5 Å². The number of ether oxygens (including phenoxy) is 3. The SMILES string of the molecule is O=C(Oc1ccccc1OCCN1CCOCC1)c1ccc2ccccc2n1. The molecule has 6 nitrogen and oxygen atoms in total. The maximum atomic E-state index is 12.6. The van der Waals surface area contributed by atoms with E-state index >= 15 is 0 Å². The molecule has 3 aromatic rings. The third-order valence-corrected chi connectivity index (χ3v) is 4.63. The largest absolute Gasteiger partial charge is 0.488 e. The second-order valence-electron chi connectivity index (χ2n) is 6.53. The van der Waals surface area contributed by atoms with E-state index in [1.165, 1.54) is 0 Å². The summed E-state index contributed by atoms with van der Waals surface area (Å²) in [6.45, 7) is 4.65. The van der Waals surface area contributed by atoms with Gasteiger partial charge in [0.1, 0.15) is 12.3 Å². The Balaban J connectivity index is 1.41. The number of fused-ring (bicyclic) bond motifs is 1. The summed E-state index contributed by atoms with van der Waals surface area (Å²) in [7, 11) is 0. The van der Waals surface area contributed by atoms with Gasteiger partial charge in [0, 0.05) is 25.0 Å². The second kappa shape index (κ2) is 8.82. The minimum absolute atomic E-state index is 0.266. The van der Waals surface area contributed by atoms with Crippen LogP contribution >= 0.6 is 0 Å². The summed E-state index contributed by atoms with van der Waals surface area (Å²) in [6.07, 6.45) is 0. The first-order valence-electron chi connectivity index (χ1n) is 9.39. The first kappa shape index (κ1) is 18.4. The van der Waals surface area contributed by atoms with Crippen LogP contribution in [0.4, 0.5) is 0 Å². The molecule has 0 aliphatic carbocycles. The fraction of sp³-hybridized carbons (Fsp3) is 0.273. The molecular formula is C22H22N2O4. The van der Waals surface area contributed by atoms with Crippen LogP contribution in [0, 0.1) is 0 Å². The number of nitrogens with zero attached hydrogens (tertiary/aromatic N) is 2. The normalized spacial score (nSPS) is 14.7. The number of hydrogen-bond donors (Lipinski definition) is 0. The van der Waals surface area contributed by atoms with Crippen molar-refractivity contribution in [1.29, 1.82) is 0 Å². The molecule has 6 heteroatoms. The first-order valence-corrected chi connectivity index (χ1v) is 9.39. The number of aromatic nitrogens is 1. The number of carbonyl (C=O) groups excluding carboxylic acids is 1. The van der Waals surface area contributed by atoms with E-state index in [-0.39, 0.29) is 5.69 Å². The van der Waals surface area contributed by atoms with Gasteiger partial charge in [0.05, 0.1) is 18.7 Å². The number of morpholine rings is 1. The zero-order chi connectivity index (χ0) is 19.2. The van der Waals surface area contributed by atoms with E-state index in [1.807, 2.05) is 42.5 Å². The van der Waals surface area contributed by atoms with Gasteiger partial charge in [-0.15, -0.1) is 0 Å². The number of benzene rings is 2. The zero-order valence-electron chi connectivity index (χ0n) is 15.5. The van der Waals surface area contributed by atoms with Crippen LogP contribution in [-0.2, 0) is 4.74 Å². The standard InChI is InChI=1S/C22H22N2O4/c25-22(19-10-9-17-5-1-2-6-18(17)23-19)28-21-8-4-3-7-20(21)27-16-13-24-11-14-26-15-12-24/h1-10H,11-16H2. The topological polar surface area (TPSA) is 60.9 Å². The molecule has 144 valence electrons. The Hall–Kier alpha value is -2.96. The Morgan fingerprint density at radius 1 is 0.964 bits per heavy atom. The molecule has 1 aromatic heterocycles. The summed E-state index contributed by atoms with van der Waals surface area (Å²) >= 11 is 0. The molecule has 0 unspecified atom stereocenters. The third-order valence-electron chi connectivity index (χ3n) is 4.63. The van der Waals surface area contributed by atoms with Crippen molar-refractivity contribution < 1.29 is 19.0 Å². The number of esters is 1. The molecule has 2 aromatic carbocycles. The lowest BCUT2D eigenvalue weighted by atomic mass is 10.2. The summed E-state index contributed by atoms with van der Waals surface area (Å²) in [6, 6.07) is 18.4. The molecular weight excluding hydrogens is 356 g/mol. The number of pyridine rings is 1. The van der Waals surface area contributed by atoms with E-state index in [0.717, 1.165) is 43.8 Å². The molecule has 0 radical (unpaired) electrons. The smallest absolute Gasteiger partial charge is 0.362 e. The predicted molar refractivity (Wildman–Crippen MR) is 106 cm³/mol. The van der Waals surface area contributed by atoms with Crippen molar-refractivity contribution in [3.05, 3.63) is 66.4 Å². The van der Waals surface area contributed by atoms with Gasteiger partial charge < -0.3 is 14.2 Å². The van der Waals surface area contributed by atoms with Crippen molar-refractivity contribution in [2.75, 3.05) is 39.5 Å². The van der Waals surface area contributed by atoms with Crippen LogP contribution in [0.15, 0.2) is 60.7 Å². The van der Waals surface area contributed by atoms with Crippen molar-refractivity contribution in [3.8, 4) is 11.5 Å². The van der Waals surface area contributed by atoms with Gasteiger partial charge >= 0.3 is 5.97 Å². The molecule has 0 spiro atoms. The fourth-order valence-electron chi connectivity index (χ4n) is 3.10. The van der Waals surface area contributed by atoms with Gasteiger partial charge in [-0.05, 0) is 24.3 Å². The van der Waals surface area contributed by atoms with Crippen molar-refractivity contribution in [2.45, 2.75) is 0 Å². The van der Waals surface area contributed by atoms with Crippen LogP contribution < -0.4 is 9.47 Å². The summed E-state index contributed by atoms with van der Waals surface area (Å²) in [4.78, 5) is 19.2. The highest BCUT2D eigenvalue weighted by atomic mass is 16.6. The molecule has 0 amide bonds. The summed E-state index contributed by atoms with van der Waals surface area (Å²) < 4.78 is 16.8. The highest BCUT2D eigenvalue weighted by Gasteiger charge is 2.15. The lowest BCUT2D eigenvalue weighted by Gasteiger charge is -2.26. The molecule has 0 N–H and O–H groups in total. The Morgan fingerprint density at radius 2 is 1.71 bits per heavy atom. The predicted octanol–water partition coefficient (Wildman–Crippen LogP) is 3.17. The van der Waals surface area contributed by atoms with E-state index in [1.54, 1.807) is 18.2 Å². The van der Waals surface area contributed by atoms with Crippen LogP contribution in [-0.4, -0.2) is 55.3 Å². The van der Waals surface area contributed by atoms with Crippen LogP contribution in [0.1, 0.15) is 10.5 Å². The number of rotatable bonds is 6. The minimum Gasteiger partial charge on any atom is -0.488 e. The van der Waals surface area contributed by atoms with Gasteiger partial charge in [-0.3, -0.25) is 4.90 Å². The third kappa shape index (κ3) is 4.47. The quantitative estimate of drug-likeness (QED) is 0.485. The molecule has 0 saturated carbocycles. The van der Waals surface area contributed by atoms with Gasteiger partial charge in [0.2, 0.25) is 0 Å². The van der Waals surface area contributed by atoms with Gasteiger partial charge in [0.25, 0.3) is 0 Å². The van der Waals surface area contributed by atoms with Crippen LogP contribution in [0.25, 0.3) is 10.9 Å². The molecule has 1 aliphatic rings. The molecule has 0 atom stereocenters. The van der Waals surface area contributed by atoms with Crippen LogP contribution in [0.2, 0.25) is 0 Å². The average molecular weight is 378 g/mol. The molecule has 4 rings (SSSR count). The second-order valence-corrected chi connectivity index (χ2v) is 6.53. The highest BCUT2D eigenvalue weighted by Crippen LogP contribution is 2.27. The molecule has 1 saturated heterocycles.